The molecule has 1 atom stereocenters. The summed E-state index contributed by atoms with van der Waals surface area (Å²) in [5.74, 6) is 0.00659. The summed E-state index contributed by atoms with van der Waals surface area (Å²) in [6, 6.07) is 7.86. The Labute approximate surface area is 149 Å². The van der Waals surface area contributed by atoms with Crippen LogP contribution in [0.2, 0.25) is 0 Å². The molecule has 6 heteroatoms. The molecule has 0 aromatic heterocycles. The number of aliphatic hydroxyl groups is 2. The normalized spacial score (nSPS) is 25.7. The van der Waals surface area contributed by atoms with Crippen molar-refractivity contribution >= 4 is 11.6 Å². The van der Waals surface area contributed by atoms with Gasteiger partial charge in [0.25, 0.3) is 5.91 Å². The van der Waals surface area contributed by atoms with Crippen LogP contribution in [0.15, 0.2) is 24.3 Å². The minimum atomic E-state index is -1.04. The van der Waals surface area contributed by atoms with Crippen molar-refractivity contribution in [1.82, 2.24) is 9.80 Å². The number of piperazine rings is 1. The maximum absolute atomic E-state index is 12.7. The van der Waals surface area contributed by atoms with Gasteiger partial charge in [-0.05, 0) is 50.6 Å². The SMILES string of the molecule is CN1CCN(c2ccc(C(=O)N3CCCC(O)(CO)CC3)cc2)CC1. The highest BCUT2D eigenvalue weighted by Gasteiger charge is 2.31. The van der Waals surface area contributed by atoms with Crippen molar-refractivity contribution in [3.05, 3.63) is 29.8 Å². The van der Waals surface area contributed by atoms with Gasteiger partial charge in [0.1, 0.15) is 0 Å². The smallest absolute Gasteiger partial charge is 0.253 e. The van der Waals surface area contributed by atoms with Crippen LogP contribution in [-0.2, 0) is 0 Å². The molecule has 1 unspecified atom stereocenters. The molecule has 0 radical (unpaired) electrons. The molecule has 2 N–H and O–H groups in total. The predicted molar refractivity (Wildman–Crippen MR) is 97.9 cm³/mol. The van der Waals surface area contributed by atoms with Gasteiger partial charge in [-0.1, -0.05) is 0 Å². The Bertz CT molecular complexity index is 584. The number of nitrogens with zero attached hydrogens (tertiary/aromatic N) is 3. The van der Waals surface area contributed by atoms with Gasteiger partial charge in [0, 0.05) is 50.5 Å². The van der Waals surface area contributed by atoms with E-state index in [9.17, 15) is 15.0 Å². The number of likely N-dealkylation sites (N-methyl/N-ethyl adjacent to an activating group) is 1. The largest absolute Gasteiger partial charge is 0.393 e. The van der Waals surface area contributed by atoms with Crippen LogP contribution in [0.3, 0.4) is 0 Å². The number of aliphatic hydroxyl groups excluding tert-OH is 1. The molecule has 2 fully saturated rings. The van der Waals surface area contributed by atoms with E-state index >= 15 is 0 Å². The Kier molecular flexibility index (Phi) is 5.61. The van der Waals surface area contributed by atoms with Gasteiger partial charge in [-0.15, -0.1) is 0 Å². The monoisotopic (exact) mass is 347 g/mol. The molecule has 3 rings (SSSR count). The molecule has 25 heavy (non-hydrogen) atoms. The third-order valence-electron chi connectivity index (χ3n) is 5.48. The molecule has 2 aliphatic heterocycles. The maximum atomic E-state index is 12.7. The van der Waals surface area contributed by atoms with Gasteiger partial charge in [0.05, 0.1) is 12.2 Å². The van der Waals surface area contributed by atoms with Crippen molar-refractivity contribution in [1.29, 1.82) is 0 Å². The molecular weight excluding hydrogens is 318 g/mol. The average molecular weight is 347 g/mol. The molecule has 2 saturated heterocycles. The lowest BCUT2D eigenvalue weighted by Crippen LogP contribution is -2.44. The van der Waals surface area contributed by atoms with E-state index in [0.29, 0.717) is 37.9 Å². The van der Waals surface area contributed by atoms with E-state index in [1.807, 2.05) is 24.3 Å². The first-order valence-corrected chi connectivity index (χ1v) is 9.17. The molecule has 0 saturated carbocycles. The zero-order valence-electron chi connectivity index (χ0n) is 15.0. The Hall–Kier alpha value is -1.63. The fourth-order valence-electron chi connectivity index (χ4n) is 3.60. The van der Waals surface area contributed by atoms with Crippen LogP contribution < -0.4 is 4.90 Å². The lowest BCUT2D eigenvalue weighted by molar-refractivity contribution is -0.0250. The van der Waals surface area contributed by atoms with Crippen molar-refractivity contribution in [2.45, 2.75) is 24.9 Å². The average Bonchev–Trinajstić information content (AvgIpc) is 2.84. The van der Waals surface area contributed by atoms with Crippen LogP contribution in [0, 0.1) is 0 Å². The van der Waals surface area contributed by atoms with Crippen molar-refractivity contribution in [3.8, 4) is 0 Å². The van der Waals surface area contributed by atoms with Gasteiger partial charge >= 0.3 is 0 Å². The summed E-state index contributed by atoms with van der Waals surface area (Å²) in [5.41, 5.74) is 0.808. The first-order chi connectivity index (χ1) is 12.0. The molecule has 0 bridgehead atoms. The third-order valence-corrected chi connectivity index (χ3v) is 5.48. The second kappa shape index (κ2) is 7.72. The topological polar surface area (TPSA) is 67.2 Å². The predicted octanol–water partition coefficient (Wildman–Crippen LogP) is 0.788. The minimum absolute atomic E-state index is 0.00659. The number of hydrogen-bond donors (Lipinski definition) is 2. The third kappa shape index (κ3) is 4.32. The molecule has 0 spiro atoms. The van der Waals surface area contributed by atoms with E-state index < -0.39 is 5.60 Å². The lowest BCUT2D eigenvalue weighted by atomic mass is 9.96. The van der Waals surface area contributed by atoms with Crippen molar-refractivity contribution < 1.29 is 15.0 Å². The quantitative estimate of drug-likeness (QED) is 0.846. The molecular formula is C19H29N3O3. The summed E-state index contributed by atoms with van der Waals surface area (Å²) >= 11 is 0. The van der Waals surface area contributed by atoms with E-state index in [4.69, 9.17) is 0 Å². The number of carbonyl (C=O) groups excluding carboxylic acids is 1. The Morgan fingerprint density at radius 1 is 1.04 bits per heavy atom. The number of amides is 1. The van der Waals surface area contributed by atoms with Gasteiger partial charge in [-0.2, -0.15) is 0 Å². The fourth-order valence-corrected chi connectivity index (χ4v) is 3.60. The standard InChI is InChI=1S/C19H29N3O3/c1-20-11-13-21(14-12-20)17-5-3-16(4-6-17)18(24)22-9-2-7-19(25,15-23)8-10-22/h3-6,23,25H,2,7-15H2,1H3. The van der Waals surface area contributed by atoms with Crippen LogP contribution in [0.25, 0.3) is 0 Å². The summed E-state index contributed by atoms with van der Waals surface area (Å²) in [6.07, 6.45) is 1.67. The second-order valence-electron chi connectivity index (χ2n) is 7.37. The summed E-state index contributed by atoms with van der Waals surface area (Å²) < 4.78 is 0. The minimum Gasteiger partial charge on any atom is -0.393 e. The van der Waals surface area contributed by atoms with Crippen LogP contribution in [0.4, 0.5) is 5.69 Å². The van der Waals surface area contributed by atoms with E-state index in [1.54, 1.807) is 4.90 Å². The zero-order chi connectivity index (χ0) is 17.9. The van der Waals surface area contributed by atoms with E-state index in [0.717, 1.165) is 31.9 Å². The van der Waals surface area contributed by atoms with Crippen LogP contribution in [0.5, 0.6) is 0 Å². The summed E-state index contributed by atoms with van der Waals surface area (Å²) in [5, 5.41) is 19.6. The molecule has 2 aliphatic rings. The highest BCUT2D eigenvalue weighted by molar-refractivity contribution is 5.94. The first-order valence-electron chi connectivity index (χ1n) is 9.17. The number of carbonyl (C=O) groups is 1. The number of anilines is 1. The number of benzene rings is 1. The Morgan fingerprint density at radius 3 is 2.36 bits per heavy atom. The van der Waals surface area contributed by atoms with Crippen molar-refractivity contribution in [2.24, 2.45) is 0 Å². The lowest BCUT2D eigenvalue weighted by Gasteiger charge is -2.34. The number of likely N-dealkylation sites (tertiary alicyclic amines) is 1. The molecule has 2 heterocycles. The van der Waals surface area contributed by atoms with Gasteiger partial charge in [0.2, 0.25) is 0 Å². The first kappa shape index (κ1) is 18.2. The molecule has 6 nitrogen and oxygen atoms in total. The van der Waals surface area contributed by atoms with Gasteiger partial charge in [-0.25, -0.2) is 0 Å². The van der Waals surface area contributed by atoms with Crippen LogP contribution >= 0.6 is 0 Å². The van der Waals surface area contributed by atoms with Gasteiger partial charge in [0.15, 0.2) is 0 Å². The number of hydrogen-bond acceptors (Lipinski definition) is 5. The Balaban J connectivity index is 1.62. The van der Waals surface area contributed by atoms with Crippen molar-refractivity contribution in [2.75, 3.05) is 57.8 Å². The summed E-state index contributed by atoms with van der Waals surface area (Å²) in [7, 11) is 2.14. The fraction of sp³-hybridized carbons (Fsp3) is 0.632. The zero-order valence-corrected chi connectivity index (χ0v) is 15.0. The van der Waals surface area contributed by atoms with E-state index in [2.05, 4.69) is 16.8 Å². The molecule has 138 valence electrons. The van der Waals surface area contributed by atoms with Gasteiger partial charge < -0.3 is 24.9 Å². The van der Waals surface area contributed by atoms with E-state index in [-0.39, 0.29) is 12.5 Å². The van der Waals surface area contributed by atoms with Gasteiger partial charge in [-0.3, -0.25) is 4.79 Å². The Morgan fingerprint density at radius 2 is 1.72 bits per heavy atom. The van der Waals surface area contributed by atoms with Crippen LogP contribution in [-0.4, -0.2) is 84.4 Å². The van der Waals surface area contributed by atoms with E-state index in [1.165, 1.54) is 0 Å². The molecule has 0 aliphatic carbocycles. The second-order valence-corrected chi connectivity index (χ2v) is 7.37. The number of rotatable bonds is 3. The maximum Gasteiger partial charge on any atom is 0.253 e. The molecule has 1 aromatic carbocycles. The highest BCUT2D eigenvalue weighted by Crippen LogP contribution is 2.23. The molecule has 1 amide bonds. The molecule has 1 aromatic rings. The van der Waals surface area contributed by atoms with Crippen LogP contribution in [0.1, 0.15) is 29.6 Å². The van der Waals surface area contributed by atoms with Crippen molar-refractivity contribution in [3.63, 3.8) is 0 Å². The summed E-state index contributed by atoms with van der Waals surface area (Å²) in [4.78, 5) is 19.2. The summed E-state index contributed by atoms with van der Waals surface area (Å²) in [6.45, 7) is 5.00. The highest BCUT2D eigenvalue weighted by atomic mass is 16.3.